The number of hydrogen-bond acceptors (Lipinski definition) is 10. The Morgan fingerprint density at radius 2 is 2.04 bits per heavy atom. The summed E-state index contributed by atoms with van der Waals surface area (Å²) in [5, 5.41) is 20.7. The number of fused-ring (bicyclic) bond motifs is 1. The van der Waals surface area contributed by atoms with Gasteiger partial charge in [0.1, 0.15) is 16.9 Å². The number of benzene rings is 1. The molecule has 2 rings (SSSR count). The van der Waals surface area contributed by atoms with Gasteiger partial charge in [0, 0.05) is 0 Å². The molecule has 0 unspecified atom stereocenters. The number of carbonyl (C=O) groups is 2. The minimum Gasteiger partial charge on any atom is -0.466 e. The zero-order valence-corrected chi connectivity index (χ0v) is 11.9. The first kappa shape index (κ1) is 15.9. The molecule has 0 aliphatic carbocycles. The second kappa shape index (κ2) is 6.51. The molecule has 11 nitrogen and oxygen atoms in total. The molecule has 23 heavy (non-hydrogen) atoms. The van der Waals surface area contributed by atoms with E-state index in [-0.39, 0.29) is 22.4 Å². The lowest BCUT2D eigenvalue weighted by Crippen LogP contribution is -2.16. The SMILES string of the molecule is COC(=O)/C=C(/Nc1ccc2nonc2c1[N+](=O)[O-])C(=O)OC. The molecule has 0 spiro atoms. The summed E-state index contributed by atoms with van der Waals surface area (Å²) in [5.74, 6) is -1.76. The van der Waals surface area contributed by atoms with Gasteiger partial charge in [-0.25, -0.2) is 14.2 Å². The fourth-order valence-corrected chi connectivity index (χ4v) is 1.70. The van der Waals surface area contributed by atoms with E-state index in [9.17, 15) is 19.7 Å². The molecule has 1 heterocycles. The van der Waals surface area contributed by atoms with Gasteiger partial charge in [0.05, 0.1) is 25.2 Å². The fraction of sp³-hybridized carbons (Fsp3) is 0.167. The quantitative estimate of drug-likeness (QED) is 0.362. The largest absolute Gasteiger partial charge is 0.466 e. The van der Waals surface area contributed by atoms with Crippen LogP contribution in [0, 0.1) is 10.1 Å². The number of rotatable bonds is 5. The standard InChI is InChI=1S/C12H10N4O7/c1-21-9(17)5-8(12(18)22-2)13-7-4-3-6-10(15-23-14-6)11(7)16(19)20/h3-5,13H,1-2H3/b8-5+. The zero-order chi connectivity index (χ0) is 17.0. The van der Waals surface area contributed by atoms with E-state index in [2.05, 4.69) is 29.7 Å². The molecule has 0 saturated heterocycles. The van der Waals surface area contributed by atoms with E-state index >= 15 is 0 Å². The van der Waals surface area contributed by atoms with Crippen LogP contribution < -0.4 is 5.32 Å². The highest BCUT2D eigenvalue weighted by Gasteiger charge is 2.25. The van der Waals surface area contributed by atoms with Crippen LogP contribution in [0.15, 0.2) is 28.5 Å². The third-order valence-electron chi connectivity index (χ3n) is 2.72. The summed E-state index contributed by atoms with van der Waals surface area (Å²) in [6.07, 6.45) is 0.806. The molecular weight excluding hydrogens is 312 g/mol. The van der Waals surface area contributed by atoms with Crippen LogP contribution in [-0.4, -0.2) is 41.4 Å². The number of hydrogen-bond donors (Lipinski definition) is 1. The van der Waals surface area contributed by atoms with E-state index in [0.29, 0.717) is 0 Å². The Kier molecular flexibility index (Phi) is 4.50. The lowest BCUT2D eigenvalue weighted by Gasteiger charge is -2.09. The lowest BCUT2D eigenvalue weighted by molar-refractivity contribution is -0.382. The number of aromatic nitrogens is 2. The normalized spacial score (nSPS) is 11.1. The fourth-order valence-electron chi connectivity index (χ4n) is 1.70. The van der Waals surface area contributed by atoms with Crippen molar-refractivity contribution in [1.29, 1.82) is 0 Å². The predicted octanol–water partition coefficient (Wildman–Crippen LogP) is 0.773. The summed E-state index contributed by atoms with van der Waals surface area (Å²) < 4.78 is 13.4. The number of methoxy groups -OCH3 is 2. The van der Waals surface area contributed by atoms with Crippen LogP contribution in [0.25, 0.3) is 11.0 Å². The highest BCUT2D eigenvalue weighted by atomic mass is 16.6. The summed E-state index contributed by atoms with van der Waals surface area (Å²) >= 11 is 0. The zero-order valence-electron chi connectivity index (χ0n) is 11.9. The Hall–Kier alpha value is -3.50. The minimum absolute atomic E-state index is 0.0984. The predicted molar refractivity (Wildman–Crippen MR) is 74.2 cm³/mol. The number of carbonyl (C=O) groups excluding carboxylic acids is 2. The highest BCUT2D eigenvalue weighted by molar-refractivity contribution is 6.00. The van der Waals surface area contributed by atoms with Crippen molar-refractivity contribution in [3.63, 3.8) is 0 Å². The summed E-state index contributed by atoms with van der Waals surface area (Å²) in [5.41, 5.74) is -0.860. The first-order valence-corrected chi connectivity index (χ1v) is 6.02. The van der Waals surface area contributed by atoms with Gasteiger partial charge in [0.2, 0.25) is 5.52 Å². The molecule has 0 atom stereocenters. The van der Waals surface area contributed by atoms with Gasteiger partial charge >= 0.3 is 17.6 Å². The third kappa shape index (κ3) is 3.23. The molecule has 0 bridgehead atoms. The molecule has 0 amide bonds. The van der Waals surface area contributed by atoms with Gasteiger partial charge in [-0.2, -0.15) is 0 Å². The summed E-state index contributed by atoms with van der Waals surface area (Å²) in [6, 6.07) is 2.69. The maximum atomic E-state index is 11.7. The van der Waals surface area contributed by atoms with Crippen molar-refractivity contribution in [2.45, 2.75) is 0 Å². The van der Waals surface area contributed by atoms with Gasteiger partial charge in [-0.15, -0.1) is 0 Å². The van der Waals surface area contributed by atoms with Crippen molar-refractivity contribution < 1.29 is 28.6 Å². The molecule has 0 aliphatic rings. The number of nitro groups is 1. The van der Waals surface area contributed by atoms with Crippen LogP contribution in [0.5, 0.6) is 0 Å². The molecular formula is C12H10N4O7. The topological polar surface area (TPSA) is 147 Å². The molecule has 120 valence electrons. The monoisotopic (exact) mass is 322 g/mol. The number of esters is 2. The number of nitrogens with one attached hydrogen (secondary N) is 1. The van der Waals surface area contributed by atoms with Crippen molar-refractivity contribution in [3.05, 3.63) is 34.0 Å². The second-order valence-electron chi connectivity index (χ2n) is 4.05. The van der Waals surface area contributed by atoms with Gasteiger partial charge in [-0.1, -0.05) is 0 Å². The first-order valence-electron chi connectivity index (χ1n) is 6.02. The number of nitrogens with zero attached hydrogens (tertiary/aromatic N) is 3. The van der Waals surface area contributed by atoms with Crippen molar-refractivity contribution >= 4 is 34.3 Å². The summed E-state index contributed by atoms with van der Waals surface area (Å²) in [7, 11) is 2.21. The molecule has 0 aliphatic heterocycles. The van der Waals surface area contributed by atoms with E-state index < -0.39 is 22.5 Å². The Labute approximate surface area is 128 Å². The van der Waals surface area contributed by atoms with Crippen molar-refractivity contribution in [1.82, 2.24) is 10.3 Å². The van der Waals surface area contributed by atoms with E-state index in [0.717, 1.165) is 20.3 Å². The van der Waals surface area contributed by atoms with Gasteiger partial charge in [-0.05, 0) is 22.4 Å². The maximum Gasteiger partial charge on any atom is 0.354 e. The van der Waals surface area contributed by atoms with Crippen LogP contribution in [0.4, 0.5) is 11.4 Å². The van der Waals surface area contributed by atoms with E-state index in [1.807, 2.05) is 0 Å². The molecule has 1 aromatic heterocycles. The minimum atomic E-state index is -0.914. The van der Waals surface area contributed by atoms with Crippen LogP contribution in [-0.2, 0) is 19.1 Å². The third-order valence-corrected chi connectivity index (χ3v) is 2.72. The number of anilines is 1. The van der Waals surface area contributed by atoms with Gasteiger partial charge in [0.25, 0.3) is 0 Å². The number of nitro benzene ring substituents is 1. The van der Waals surface area contributed by atoms with Gasteiger partial charge in [-0.3, -0.25) is 10.1 Å². The van der Waals surface area contributed by atoms with Crippen LogP contribution in [0.3, 0.4) is 0 Å². The van der Waals surface area contributed by atoms with Crippen LogP contribution in [0.2, 0.25) is 0 Å². The number of ether oxygens (including phenoxy) is 2. The van der Waals surface area contributed by atoms with E-state index in [1.165, 1.54) is 12.1 Å². The van der Waals surface area contributed by atoms with Crippen molar-refractivity contribution in [3.8, 4) is 0 Å². The van der Waals surface area contributed by atoms with Crippen molar-refractivity contribution in [2.24, 2.45) is 0 Å². The van der Waals surface area contributed by atoms with E-state index in [4.69, 9.17) is 0 Å². The Morgan fingerprint density at radius 1 is 1.30 bits per heavy atom. The molecule has 0 radical (unpaired) electrons. The van der Waals surface area contributed by atoms with E-state index in [1.54, 1.807) is 0 Å². The smallest absolute Gasteiger partial charge is 0.354 e. The molecule has 1 N–H and O–H groups in total. The molecule has 11 heteroatoms. The Balaban J connectivity index is 2.51. The van der Waals surface area contributed by atoms with Gasteiger partial charge in [0.15, 0.2) is 0 Å². The summed E-state index contributed by atoms with van der Waals surface area (Å²) in [6.45, 7) is 0. The average molecular weight is 322 g/mol. The molecule has 1 aromatic carbocycles. The van der Waals surface area contributed by atoms with Crippen molar-refractivity contribution in [2.75, 3.05) is 19.5 Å². The highest BCUT2D eigenvalue weighted by Crippen LogP contribution is 2.32. The Morgan fingerprint density at radius 3 is 2.65 bits per heavy atom. The second-order valence-corrected chi connectivity index (χ2v) is 4.05. The molecule has 2 aromatic rings. The summed E-state index contributed by atoms with van der Waals surface area (Å²) in [4.78, 5) is 33.5. The average Bonchev–Trinajstić information content (AvgIpc) is 3.00. The van der Waals surface area contributed by atoms with Gasteiger partial charge < -0.3 is 14.8 Å². The molecule has 0 fully saturated rings. The Bertz CT molecular complexity index is 811. The molecule has 0 saturated carbocycles. The first-order chi connectivity index (χ1) is 11.0. The van der Waals surface area contributed by atoms with Crippen LogP contribution >= 0.6 is 0 Å². The van der Waals surface area contributed by atoms with Crippen LogP contribution in [0.1, 0.15) is 0 Å². The lowest BCUT2D eigenvalue weighted by atomic mass is 10.2. The maximum absolute atomic E-state index is 11.7.